The fourth-order valence-corrected chi connectivity index (χ4v) is 2.63. The molecule has 17 heavy (non-hydrogen) atoms. The Bertz CT molecular complexity index is 507. The van der Waals surface area contributed by atoms with Crippen molar-refractivity contribution in [3.05, 3.63) is 6.20 Å². The minimum atomic E-state index is -3.91. The quantitative estimate of drug-likeness (QED) is 0.525. The van der Waals surface area contributed by atoms with Crippen LogP contribution in [-0.4, -0.2) is 30.6 Å². The Morgan fingerprint density at radius 2 is 2.12 bits per heavy atom. The van der Waals surface area contributed by atoms with Crippen LogP contribution in [0.2, 0.25) is 0 Å². The van der Waals surface area contributed by atoms with Crippen LogP contribution in [0.5, 0.6) is 0 Å². The molecule has 0 spiro atoms. The van der Waals surface area contributed by atoms with Crippen LogP contribution in [0.1, 0.15) is 13.8 Å². The van der Waals surface area contributed by atoms with Gasteiger partial charge in [-0.05, 0) is 5.92 Å². The molecule has 96 valence electrons. The Labute approximate surface area is 98.8 Å². The first-order valence-corrected chi connectivity index (χ1v) is 6.34. The summed E-state index contributed by atoms with van der Waals surface area (Å²) < 4.78 is 25.9. The van der Waals surface area contributed by atoms with Gasteiger partial charge in [-0.15, -0.1) is 0 Å². The van der Waals surface area contributed by atoms with Gasteiger partial charge in [0.2, 0.25) is 15.9 Å². The molecule has 1 aromatic rings. The molecule has 1 amide bonds. The molecule has 0 aliphatic heterocycles. The molecule has 0 aromatic carbocycles. The lowest BCUT2D eigenvalue weighted by Gasteiger charge is -2.18. The molecule has 0 fully saturated rings. The summed E-state index contributed by atoms with van der Waals surface area (Å²) in [5.74, 6) is -1.11. The molecule has 0 aliphatic rings. The highest BCUT2D eigenvalue weighted by Gasteiger charge is 2.28. The second-order valence-corrected chi connectivity index (χ2v) is 5.58. The fraction of sp³-hybridized carbons (Fsp3) is 0.500. The van der Waals surface area contributed by atoms with Gasteiger partial charge in [-0.2, -0.15) is 9.82 Å². The second kappa shape index (κ2) is 4.72. The van der Waals surface area contributed by atoms with Crippen molar-refractivity contribution in [3.8, 4) is 0 Å². The van der Waals surface area contributed by atoms with Crippen LogP contribution in [-0.2, 0) is 14.8 Å². The number of hydrogen-bond donors (Lipinski definition) is 4. The van der Waals surface area contributed by atoms with Crippen molar-refractivity contribution >= 4 is 21.7 Å². The number of aromatic nitrogens is 2. The van der Waals surface area contributed by atoms with E-state index < -0.39 is 22.0 Å². The minimum absolute atomic E-state index is 0.0931. The third-order valence-corrected chi connectivity index (χ3v) is 3.65. The normalized spacial score (nSPS) is 13.8. The number of nitrogens with zero attached hydrogens (tertiary/aromatic N) is 1. The molecule has 0 saturated heterocycles. The number of aromatic amines is 1. The minimum Gasteiger partial charge on any atom is -0.383 e. The van der Waals surface area contributed by atoms with E-state index in [2.05, 4.69) is 14.9 Å². The van der Waals surface area contributed by atoms with Gasteiger partial charge in [-0.3, -0.25) is 9.89 Å². The number of nitrogens with two attached hydrogens (primary N) is 2. The van der Waals surface area contributed by atoms with Gasteiger partial charge in [0.15, 0.2) is 0 Å². The summed E-state index contributed by atoms with van der Waals surface area (Å²) in [4.78, 5) is 10.9. The summed E-state index contributed by atoms with van der Waals surface area (Å²) in [5, 5.41) is 5.80. The lowest BCUT2D eigenvalue weighted by molar-refractivity contribution is -0.120. The van der Waals surface area contributed by atoms with E-state index in [-0.39, 0.29) is 16.6 Å². The number of rotatable bonds is 5. The summed E-state index contributed by atoms with van der Waals surface area (Å²) in [7, 11) is -3.91. The highest BCUT2D eigenvalue weighted by Crippen LogP contribution is 2.15. The first-order valence-electron chi connectivity index (χ1n) is 4.86. The number of nitrogens with one attached hydrogen (secondary N) is 2. The molecule has 8 nitrogen and oxygen atoms in total. The van der Waals surface area contributed by atoms with Crippen LogP contribution in [0.3, 0.4) is 0 Å². The van der Waals surface area contributed by atoms with E-state index in [0.717, 1.165) is 6.20 Å². The first-order chi connectivity index (χ1) is 7.75. The molecule has 1 atom stereocenters. The van der Waals surface area contributed by atoms with Crippen LogP contribution >= 0.6 is 0 Å². The van der Waals surface area contributed by atoms with E-state index in [1.165, 1.54) is 0 Å². The highest BCUT2D eigenvalue weighted by molar-refractivity contribution is 7.89. The van der Waals surface area contributed by atoms with Crippen molar-refractivity contribution in [2.75, 3.05) is 5.73 Å². The molecule has 9 heteroatoms. The molecule has 0 bridgehead atoms. The molecular weight excluding hydrogens is 246 g/mol. The van der Waals surface area contributed by atoms with Crippen molar-refractivity contribution in [3.63, 3.8) is 0 Å². The van der Waals surface area contributed by atoms with Gasteiger partial charge in [0, 0.05) is 0 Å². The number of carbonyl (C=O) groups is 1. The van der Waals surface area contributed by atoms with Gasteiger partial charge in [-0.1, -0.05) is 13.8 Å². The number of carbonyl (C=O) groups excluding carboxylic acids is 1. The predicted octanol–water partition coefficient (Wildman–Crippen LogP) is -1.22. The summed E-state index contributed by atoms with van der Waals surface area (Å²) in [5.41, 5.74) is 10.5. The molecule has 0 aliphatic carbocycles. The van der Waals surface area contributed by atoms with Crippen molar-refractivity contribution < 1.29 is 13.2 Å². The summed E-state index contributed by atoms with van der Waals surface area (Å²) in [6.45, 7) is 3.35. The van der Waals surface area contributed by atoms with Gasteiger partial charge < -0.3 is 11.5 Å². The predicted molar refractivity (Wildman–Crippen MR) is 61.1 cm³/mol. The highest BCUT2D eigenvalue weighted by atomic mass is 32.2. The monoisotopic (exact) mass is 261 g/mol. The molecule has 1 aromatic heterocycles. The zero-order chi connectivity index (χ0) is 13.2. The number of primary amides is 1. The van der Waals surface area contributed by atoms with Gasteiger partial charge in [0.25, 0.3) is 0 Å². The van der Waals surface area contributed by atoms with Crippen molar-refractivity contribution in [1.29, 1.82) is 0 Å². The number of hydrogen-bond acceptors (Lipinski definition) is 5. The van der Waals surface area contributed by atoms with Crippen molar-refractivity contribution in [2.45, 2.75) is 24.8 Å². The molecule has 6 N–H and O–H groups in total. The van der Waals surface area contributed by atoms with E-state index in [1.807, 2.05) is 0 Å². The van der Waals surface area contributed by atoms with Crippen molar-refractivity contribution in [2.24, 2.45) is 11.7 Å². The Balaban J connectivity index is 3.01. The first kappa shape index (κ1) is 13.5. The number of H-pyrrole nitrogens is 1. The molecule has 0 radical (unpaired) electrons. The third-order valence-electron chi connectivity index (χ3n) is 2.18. The van der Waals surface area contributed by atoms with Crippen LogP contribution in [0.15, 0.2) is 11.1 Å². The maximum atomic E-state index is 11.9. The van der Waals surface area contributed by atoms with E-state index in [1.54, 1.807) is 13.8 Å². The Morgan fingerprint density at radius 1 is 1.53 bits per heavy atom. The lowest BCUT2D eigenvalue weighted by atomic mass is 10.1. The summed E-state index contributed by atoms with van der Waals surface area (Å²) >= 11 is 0. The smallest absolute Gasteiger partial charge is 0.246 e. The van der Waals surface area contributed by atoms with Crippen LogP contribution in [0.25, 0.3) is 0 Å². The number of anilines is 1. The SMILES string of the molecule is CC(C)C(NS(=O)(=O)c1cn[nH]c1N)C(N)=O. The van der Waals surface area contributed by atoms with E-state index in [4.69, 9.17) is 11.5 Å². The largest absolute Gasteiger partial charge is 0.383 e. The molecule has 1 heterocycles. The second-order valence-electron chi connectivity index (χ2n) is 3.89. The molecular formula is C8H15N5O3S. The van der Waals surface area contributed by atoms with Gasteiger partial charge in [0.05, 0.1) is 6.20 Å². The summed E-state index contributed by atoms with van der Waals surface area (Å²) in [6, 6.07) is -0.991. The number of sulfonamides is 1. The van der Waals surface area contributed by atoms with Gasteiger partial charge >= 0.3 is 0 Å². The lowest BCUT2D eigenvalue weighted by Crippen LogP contribution is -2.47. The maximum Gasteiger partial charge on any atom is 0.246 e. The molecule has 1 unspecified atom stereocenters. The standard InChI is InChI=1S/C8H15N5O3S/c1-4(2)6(8(10)14)13-17(15,16)5-3-11-12-7(5)9/h3-4,6,13H,1-2H3,(H2,10,14)(H3,9,11,12). The van der Waals surface area contributed by atoms with Gasteiger partial charge in [0.1, 0.15) is 16.8 Å². The van der Waals surface area contributed by atoms with Crippen LogP contribution in [0.4, 0.5) is 5.82 Å². The van der Waals surface area contributed by atoms with Crippen LogP contribution in [0, 0.1) is 5.92 Å². The third kappa shape index (κ3) is 2.94. The maximum absolute atomic E-state index is 11.9. The van der Waals surface area contributed by atoms with E-state index in [9.17, 15) is 13.2 Å². The summed E-state index contributed by atoms with van der Waals surface area (Å²) in [6.07, 6.45) is 1.07. The molecule has 0 saturated carbocycles. The Kier molecular flexibility index (Phi) is 3.73. The van der Waals surface area contributed by atoms with Gasteiger partial charge in [-0.25, -0.2) is 8.42 Å². The zero-order valence-electron chi connectivity index (χ0n) is 9.47. The Hall–Kier alpha value is -1.61. The molecule has 1 rings (SSSR count). The average molecular weight is 261 g/mol. The van der Waals surface area contributed by atoms with Crippen molar-refractivity contribution in [1.82, 2.24) is 14.9 Å². The van der Waals surface area contributed by atoms with Crippen LogP contribution < -0.4 is 16.2 Å². The Morgan fingerprint density at radius 3 is 2.47 bits per heavy atom. The van der Waals surface area contributed by atoms with E-state index in [0.29, 0.717) is 0 Å². The fourth-order valence-electron chi connectivity index (χ4n) is 1.25. The topological polar surface area (TPSA) is 144 Å². The average Bonchev–Trinajstić information content (AvgIpc) is 2.60. The number of nitrogen functional groups attached to an aromatic ring is 1. The van der Waals surface area contributed by atoms with E-state index >= 15 is 0 Å². The number of amides is 1. The zero-order valence-corrected chi connectivity index (χ0v) is 10.3.